The molecule has 0 aliphatic carbocycles. The second kappa shape index (κ2) is 12.6. The summed E-state index contributed by atoms with van der Waals surface area (Å²) in [6.45, 7) is 2.32. The van der Waals surface area contributed by atoms with Gasteiger partial charge in [-0.25, -0.2) is 14.6 Å². The molecular weight excluding hydrogens is 453 g/mol. The predicted molar refractivity (Wildman–Crippen MR) is 128 cm³/mol. The zero-order valence-corrected chi connectivity index (χ0v) is 19.0. The van der Waals surface area contributed by atoms with Crippen LogP contribution in [-0.4, -0.2) is 37.1 Å². The number of carbonyl (C=O) groups is 3. The number of hydrogen-bond acceptors (Lipinski definition) is 6. The molecule has 2 N–H and O–H groups in total. The van der Waals surface area contributed by atoms with Crippen LogP contribution in [0, 0.1) is 5.82 Å². The Morgan fingerprint density at radius 2 is 1.51 bits per heavy atom. The first-order valence-electron chi connectivity index (χ1n) is 10.9. The zero-order chi connectivity index (χ0) is 25.0. The molecule has 0 saturated heterocycles. The molecule has 0 spiro atoms. The Morgan fingerprint density at radius 1 is 0.886 bits per heavy atom. The van der Waals surface area contributed by atoms with Crippen molar-refractivity contribution in [2.75, 3.05) is 13.2 Å². The van der Waals surface area contributed by atoms with E-state index in [1.807, 2.05) is 6.92 Å². The number of hydrogen-bond donors (Lipinski definition) is 2. The molecular formula is C26H24FN3O5. The van der Waals surface area contributed by atoms with Gasteiger partial charge in [0.15, 0.2) is 0 Å². The predicted octanol–water partition coefficient (Wildman–Crippen LogP) is 3.71. The van der Waals surface area contributed by atoms with Crippen LogP contribution in [0.2, 0.25) is 0 Å². The van der Waals surface area contributed by atoms with Crippen molar-refractivity contribution < 1.29 is 28.2 Å². The third kappa shape index (κ3) is 8.08. The Bertz CT molecular complexity index is 1180. The van der Waals surface area contributed by atoms with E-state index in [2.05, 4.69) is 15.8 Å². The zero-order valence-electron chi connectivity index (χ0n) is 19.0. The first-order chi connectivity index (χ1) is 16.9. The Balaban J connectivity index is 1.43. The lowest BCUT2D eigenvalue weighted by molar-refractivity contribution is -0.120. The van der Waals surface area contributed by atoms with Gasteiger partial charge in [0.2, 0.25) is 0 Å². The molecule has 3 aromatic rings. The molecule has 0 aliphatic rings. The normalized spacial score (nSPS) is 10.6. The molecule has 0 saturated carbocycles. The Hall–Kier alpha value is -4.53. The number of carbonyl (C=O) groups excluding carboxylic acids is 3. The number of amides is 2. The van der Waals surface area contributed by atoms with Gasteiger partial charge in [-0.3, -0.25) is 9.59 Å². The van der Waals surface area contributed by atoms with Crippen LogP contribution in [0.5, 0.6) is 11.5 Å². The molecule has 180 valence electrons. The van der Waals surface area contributed by atoms with E-state index in [1.165, 1.54) is 18.3 Å². The van der Waals surface area contributed by atoms with Crippen molar-refractivity contribution in [1.82, 2.24) is 10.7 Å². The topological polar surface area (TPSA) is 106 Å². The fourth-order valence-electron chi connectivity index (χ4n) is 2.78. The molecule has 8 nitrogen and oxygen atoms in total. The van der Waals surface area contributed by atoms with Gasteiger partial charge in [0.1, 0.15) is 17.3 Å². The second-order valence-electron chi connectivity index (χ2n) is 7.31. The van der Waals surface area contributed by atoms with E-state index in [4.69, 9.17) is 9.47 Å². The third-order valence-corrected chi connectivity index (χ3v) is 4.57. The molecule has 3 rings (SSSR count). The van der Waals surface area contributed by atoms with Crippen LogP contribution in [0.1, 0.15) is 39.6 Å². The van der Waals surface area contributed by atoms with E-state index >= 15 is 0 Å². The largest absolute Gasteiger partial charge is 0.494 e. The van der Waals surface area contributed by atoms with Gasteiger partial charge in [0.05, 0.1) is 24.9 Å². The Morgan fingerprint density at radius 3 is 2.17 bits per heavy atom. The molecule has 0 aromatic heterocycles. The van der Waals surface area contributed by atoms with E-state index in [9.17, 15) is 18.8 Å². The molecule has 0 atom stereocenters. The fraction of sp³-hybridized carbons (Fsp3) is 0.154. The van der Waals surface area contributed by atoms with Crippen LogP contribution in [0.15, 0.2) is 77.9 Å². The van der Waals surface area contributed by atoms with Gasteiger partial charge in [0, 0.05) is 5.56 Å². The highest BCUT2D eigenvalue weighted by atomic mass is 19.1. The molecule has 9 heteroatoms. The van der Waals surface area contributed by atoms with Crippen molar-refractivity contribution in [3.63, 3.8) is 0 Å². The number of ether oxygens (including phenoxy) is 2. The lowest BCUT2D eigenvalue weighted by Crippen LogP contribution is -2.34. The smallest absolute Gasteiger partial charge is 0.343 e. The summed E-state index contributed by atoms with van der Waals surface area (Å²) in [6, 6.07) is 18.2. The summed E-state index contributed by atoms with van der Waals surface area (Å²) in [6.07, 6.45) is 2.30. The van der Waals surface area contributed by atoms with Gasteiger partial charge in [-0.15, -0.1) is 0 Å². The van der Waals surface area contributed by atoms with Crippen LogP contribution in [0.4, 0.5) is 4.39 Å². The van der Waals surface area contributed by atoms with E-state index in [0.717, 1.165) is 18.6 Å². The number of hydrazone groups is 1. The Kier molecular flexibility index (Phi) is 9.07. The fourth-order valence-corrected chi connectivity index (χ4v) is 2.78. The Labute approximate surface area is 201 Å². The van der Waals surface area contributed by atoms with Gasteiger partial charge in [0.25, 0.3) is 11.8 Å². The third-order valence-electron chi connectivity index (χ3n) is 4.57. The minimum atomic E-state index is -0.534. The number of esters is 1. The van der Waals surface area contributed by atoms with Crippen LogP contribution in [0.25, 0.3) is 0 Å². The standard InChI is InChI=1S/C26H24FN3O5/c1-2-15-34-22-13-7-20(8-14-22)26(33)35-23-11-3-18(4-12-23)16-29-30-24(31)17-28-25(32)19-5-9-21(27)10-6-19/h3-14,16H,2,15,17H2,1H3,(H,28,32)(H,30,31)/b29-16+. The first kappa shape index (κ1) is 25.1. The van der Waals surface area contributed by atoms with Crippen molar-refractivity contribution in [1.29, 1.82) is 0 Å². The summed E-state index contributed by atoms with van der Waals surface area (Å²) in [5.41, 5.74) is 3.58. The number of halogens is 1. The van der Waals surface area contributed by atoms with Crippen molar-refractivity contribution >= 4 is 24.0 Å². The summed E-state index contributed by atoms with van der Waals surface area (Å²) >= 11 is 0. The summed E-state index contributed by atoms with van der Waals surface area (Å²) in [4.78, 5) is 36.1. The molecule has 0 heterocycles. The highest BCUT2D eigenvalue weighted by Crippen LogP contribution is 2.16. The summed E-state index contributed by atoms with van der Waals surface area (Å²) in [5.74, 6) is -0.949. The average molecular weight is 477 g/mol. The van der Waals surface area contributed by atoms with Crippen molar-refractivity contribution in [3.05, 3.63) is 95.3 Å². The minimum absolute atomic E-state index is 0.237. The lowest BCUT2D eigenvalue weighted by Gasteiger charge is -2.07. The van der Waals surface area contributed by atoms with Crippen LogP contribution >= 0.6 is 0 Å². The van der Waals surface area contributed by atoms with Crippen LogP contribution in [-0.2, 0) is 4.79 Å². The highest BCUT2D eigenvalue weighted by Gasteiger charge is 2.09. The first-order valence-corrected chi connectivity index (χ1v) is 10.9. The quantitative estimate of drug-likeness (QED) is 0.200. The molecule has 0 fully saturated rings. The number of rotatable bonds is 10. The van der Waals surface area contributed by atoms with Gasteiger partial charge >= 0.3 is 5.97 Å². The molecule has 2 amide bonds. The van der Waals surface area contributed by atoms with E-state index in [0.29, 0.717) is 29.2 Å². The van der Waals surface area contributed by atoms with Crippen molar-refractivity contribution in [2.45, 2.75) is 13.3 Å². The number of nitrogens with zero attached hydrogens (tertiary/aromatic N) is 1. The molecule has 0 bridgehead atoms. The number of nitrogens with one attached hydrogen (secondary N) is 2. The maximum Gasteiger partial charge on any atom is 0.343 e. The summed E-state index contributed by atoms with van der Waals surface area (Å²) in [7, 11) is 0. The summed E-state index contributed by atoms with van der Waals surface area (Å²) < 4.78 is 23.8. The van der Waals surface area contributed by atoms with E-state index < -0.39 is 23.6 Å². The number of benzene rings is 3. The van der Waals surface area contributed by atoms with Gasteiger partial charge in [-0.05, 0) is 84.8 Å². The molecule has 0 aliphatic heterocycles. The highest BCUT2D eigenvalue weighted by molar-refractivity contribution is 5.96. The SMILES string of the molecule is CCCOc1ccc(C(=O)Oc2ccc(/C=N/NC(=O)CNC(=O)c3ccc(F)cc3)cc2)cc1. The maximum atomic E-state index is 12.9. The molecule has 0 radical (unpaired) electrons. The van der Waals surface area contributed by atoms with Crippen LogP contribution in [0.3, 0.4) is 0 Å². The molecule has 35 heavy (non-hydrogen) atoms. The minimum Gasteiger partial charge on any atom is -0.494 e. The van der Waals surface area contributed by atoms with Gasteiger partial charge < -0.3 is 14.8 Å². The van der Waals surface area contributed by atoms with Gasteiger partial charge in [-0.2, -0.15) is 5.10 Å². The van der Waals surface area contributed by atoms with Crippen molar-refractivity contribution in [2.24, 2.45) is 5.10 Å². The molecule has 3 aromatic carbocycles. The lowest BCUT2D eigenvalue weighted by atomic mass is 10.2. The van der Waals surface area contributed by atoms with E-state index in [1.54, 1.807) is 48.5 Å². The van der Waals surface area contributed by atoms with Crippen LogP contribution < -0.4 is 20.2 Å². The molecule has 0 unspecified atom stereocenters. The van der Waals surface area contributed by atoms with Crippen molar-refractivity contribution in [3.8, 4) is 11.5 Å². The maximum absolute atomic E-state index is 12.9. The monoisotopic (exact) mass is 477 g/mol. The van der Waals surface area contributed by atoms with E-state index in [-0.39, 0.29) is 12.1 Å². The second-order valence-corrected chi connectivity index (χ2v) is 7.31. The summed E-state index contributed by atoms with van der Waals surface area (Å²) in [5, 5.41) is 6.24. The average Bonchev–Trinajstić information content (AvgIpc) is 2.87. The van der Waals surface area contributed by atoms with Gasteiger partial charge in [-0.1, -0.05) is 6.92 Å².